The van der Waals surface area contributed by atoms with E-state index in [2.05, 4.69) is 5.43 Å². The molecule has 0 bridgehead atoms. The summed E-state index contributed by atoms with van der Waals surface area (Å²) in [6.07, 6.45) is -5.06. The Balaban J connectivity index is 2.65. The van der Waals surface area contributed by atoms with Gasteiger partial charge in [0, 0.05) is 12.1 Å². The minimum atomic E-state index is -5.06. The Bertz CT molecular complexity index is 885. The van der Waals surface area contributed by atoms with Crippen LogP contribution in [0.5, 0.6) is 0 Å². The number of nitro benzene ring substituents is 2. The fourth-order valence-corrected chi connectivity index (χ4v) is 2.25. The molecule has 0 aliphatic rings. The molecule has 0 radical (unpaired) electrons. The van der Waals surface area contributed by atoms with Crippen molar-refractivity contribution in [1.29, 1.82) is 0 Å². The van der Waals surface area contributed by atoms with Crippen LogP contribution in [0.25, 0.3) is 0 Å². The summed E-state index contributed by atoms with van der Waals surface area (Å²) in [6.45, 7) is -0.792. The number of anilines is 2. The third kappa shape index (κ3) is 4.63. The van der Waals surface area contributed by atoms with Gasteiger partial charge < -0.3 is 5.11 Å². The zero-order valence-corrected chi connectivity index (χ0v) is 13.7. The molecule has 2 aromatic carbocycles. The van der Waals surface area contributed by atoms with Crippen molar-refractivity contribution in [2.24, 2.45) is 0 Å². The quantitative estimate of drug-likeness (QED) is 0.532. The summed E-state index contributed by atoms with van der Waals surface area (Å²) < 4.78 is 38.9. The highest BCUT2D eigenvalue weighted by molar-refractivity contribution is 5.80. The molecule has 0 saturated heterocycles. The van der Waals surface area contributed by atoms with Crippen molar-refractivity contribution in [3.8, 4) is 0 Å². The molecule has 0 atom stereocenters. The summed E-state index contributed by atoms with van der Waals surface area (Å²) in [4.78, 5) is 31.2. The monoisotopic (exact) mass is 400 g/mol. The lowest BCUT2D eigenvalue weighted by Crippen LogP contribution is -2.35. The molecule has 0 fully saturated rings. The van der Waals surface area contributed by atoms with Crippen molar-refractivity contribution in [1.82, 2.24) is 0 Å². The first-order valence-corrected chi connectivity index (χ1v) is 7.35. The molecule has 0 saturated carbocycles. The topological polar surface area (TPSA) is 139 Å². The molecule has 0 heterocycles. The number of carboxylic acids is 1. The summed E-state index contributed by atoms with van der Waals surface area (Å²) in [5.41, 5.74) is -2.55. The maximum Gasteiger partial charge on any atom is 0.416 e. The van der Waals surface area contributed by atoms with Crippen LogP contribution in [0.3, 0.4) is 0 Å². The normalized spacial score (nSPS) is 11.0. The van der Waals surface area contributed by atoms with E-state index in [1.165, 1.54) is 24.3 Å². The Morgan fingerprint density at radius 3 is 1.96 bits per heavy atom. The zero-order valence-electron chi connectivity index (χ0n) is 13.7. The van der Waals surface area contributed by atoms with Crippen molar-refractivity contribution in [2.75, 3.05) is 17.0 Å². The number of benzene rings is 2. The molecule has 0 aliphatic carbocycles. The number of nitro groups is 2. The number of para-hydroxylation sites is 1. The van der Waals surface area contributed by atoms with Crippen molar-refractivity contribution < 1.29 is 32.9 Å². The Morgan fingerprint density at radius 2 is 1.57 bits per heavy atom. The molecule has 0 aromatic heterocycles. The maximum atomic E-state index is 13.0. The van der Waals surface area contributed by atoms with Crippen LogP contribution < -0.4 is 10.4 Å². The second kappa shape index (κ2) is 7.77. The van der Waals surface area contributed by atoms with Crippen LogP contribution in [0.15, 0.2) is 42.5 Å². The van der Waals surface area contributed by atoms with Crippen LogP contribution in [0, 0.1) is 20.2 Å². The molecule has 2 N–H and O–H groups in total. The van der Waals surface area contributed by atoms with Crippen LogP contribution in [-0.2, 0) is 11.0 Å². The first-order chi connectivity index (χ1) is 13.0. The number of carboxylic acid groups (broad SMARTS) is 1. The van der Waals surface area contributed by atoms with Gasteiger partial charge in [0.15, 0.2) is 0 Å². The third-order valence-electron chi connectivity index (χ3n) is 3.43. The van der Waals surface area contributed by atoms with Crippen molar-refractivity contribution >= 4 is 28.7 Å². The van der Waals surface area contributed by atoms with Gasteiger partial charge in [-0.2, -0.15) is 13.2 Å². The summed E-state index contributed by atoms with van der Waals surface area (Å²) in [7, 11) is 0. The number of carbonyl (C=O) groups is 1. The Kier molecular flexibility index (Phi) is 5.67. The average molecular weight is 400 g/mol. The van der Waals surface area contributed by atoms with E-state index < -0.39 is 51.2 Å². The number of rotatable bonds is 7. The molecule has 148 valence electrons. The van der Waals surface area contributed by atoms with Crippen molar-refractivity contribution in [3.05, 3.63) is 68.3 Å². The van der Waals surface area contributed by atoms with Gasteiger partial charge in [-0.3, -0.25) is 35.5 Å². The van der Waals surface area contributed by atoms with E-state index in [9.17, 15) is 38.2 Å². The van der Waals surface area contributed by atoms with E-state index in [1.807, 2.05) is 0 Å². The summed E-state index contributed by atoms with van der Waals surface area (Å²) in [5.74, 6) is -1.39. The molecule has 2 rings (SSSR count). The highest BCUT2D eigenvalue weighted by atomic mass is 19.4. The molecular formula is C15H11F3N4O6. The van der Waals surface area contributed by atoms with Crippen LogP contribution in [0.4, 0.5) is 35.9 Å². The number of hydrogen-bond donors (Lipinski definition) is 2. The first kappa shape index (κ1) is 20.4. The summed E-state index contributed by atoms with van der Waals surface area (Å²) in [5, 5.41) is 32.4. The molecule has 10 nitrogen and oxygen atoms in total. The predicted octanol–water partition coefficient (Wildman–Crippen LogP) is 3.44. The van der Waals surface area contributed by atoms with Crippen molar-refractivity contribution in [2.45, 2.75) is 6.18 Å². The number of nitrogens with one attached hydrogen (secondary N) is 1. The van der Waals surface area contributed by atoms with Gasteiger partial charge in [0.2, 0.25) is 5.69 Å². The van der Waals surface area contributed by atoms with Gasteiger partial charge in [-0.15, -0.1) is 0 Å². The molecular weight excluding hydrogens is 389 g/mol. The summed E-state index contributed by atoms with van der Waals surface area (Å²) >= 11 is 0. The number of aliphatic carboxylic acids is 1. The van der Waals surface area contributed by atoms with E-state index >= 15 is 0 Å². The van der Waals surface area contributed by atoms with E-state index in [0.29, 0.717) is 0 Å². The Hall–Kier alpha value is -3.90. The van der Waals surface area contributed by atoms with Crippen molar-refractivity contribution in [3.63, 3.8) is 0 Å². The number of halogens is 3. The fraction of sp³-hybridized carbons (Fsp3) is 0.133. The van der Waals surface area contributed by atoms with Crippen LogP contribution >= 0.6 is 0 Å². The zero-order chi connectivity index (χ0) is 21.1. The number of alkyl halides is 3. The number of hydrazine groups is 1. The minimum absolute atomic E-state index is 0.138. The largest absolute Gasteiger partial charge is 0.480 e. The van der Waals surface area contributed by atoms with Gasteiger partial charge in [0.25, 0.3) is 0 Å². The predicted molar refractivity (Wildman–Crippen MR) is 89.8 cm³/mol. The highest BCUT2D eigenvalue weighted by Gasteiger charge is 2.38. The standard InChI is InChI=1S/C15H11F3N4O6/c16-15(17,18)9-6-11(21(25)26)14(12(7-9)22(27)28)19-20(8-13(23)24)10-4-2-1-3-5-10/h1-7,19H,8H2,(H,23,24). The molecule has 0 amide bonds. The fourth-order valence-electron chi connectivity index (χ4n) is 2.25. The third-order valence-corrected chi connectivity index (χ3v) is 3.43. The van der Waals surface area contributed by atoms with E-state index in [0.717, 1.165) is 5.01 Å². The van der Waals surface area contributed by atoms with Gasteiger partial charge in [0.05, 0.1) is 21.1 Å². The molecule has 28 heavy (non-hydrogen) atoms. The lowest BCUT2D eigenvalue weighted by Gasteiger charge is -2.24. The van der Waals surface area contributed by atoms with Crippen LogP contribution in [-0.4, -0.2) is 27.5 Å². The first-order valence-electron chi connectivity index (χ1n) is 7.35. The SMILES string of the molecule is O=C(O)CN(Nc1c([N+](=O)[O-])cc(C(F)(F)F)cc1[N+](=O)[O-])c1ccccc1. The minimum Gasteiger partial charge on any atom is -0.480 e. The van der Waals surface area contributed by atoms with Gasteiger partial charge in [-0.05, 0) is 12.1 Å². The van der Waals surface area contributed by atoms with Gasteiger partial charge in [-0.1, -0.05) is 18.2 Å². The van der Waals surface area contributed by atoms with Gasteiger partial charge >= 0.3 is 23.5 Å². The van der Waals surface area contributed by atoms with Crippen LogP contribution in [0.1, 0.15) is 5.56 Å². The molecule has 0 unspecified atom stereocenters. The van der Waals surface area contributed by atoms with E-state index in [-0.39, 0.29) is 17.8 Å². The van der Waals surface area contributed by atoms with Crippen LogP contribution in [0.2, 0.25) is 0 Å². The number of nitrogens with zero attached hydrogens (tertiary/aromatic N) is 3. The van der Waals surface area contributed by atoms with Gasteiger partial charge in [-0.25, -0.2) is 0 Å². The average Bonchev–Trinajstić information content (AvgIpc) is 2.60. The maximum absolute atomic E-state index is 13.0. The molecule has 0 spiro atoms. The molecule has 13 heteroatoms. The lowest BCUT2D eigenvalue weighted by molar-refractivity contribution is -0.392. The second-order valence-corrected chi connectivity index (χ2v) is 5.33. The highest BCUT2D eigenvalue weighted by Crippen LogP contribution is 2.41. The molecule has 2 aromatic rings. The smallest absolute Gasteiger partial charge is 0.416 e. The molecule has 0 aliphatic heterocycles. The summed E-state index contributed by atoms with van der Waals surface area (Å²) in [6, 6.07) is 7.67. The number of hydrogen-bond acceptors (Lipinski definition) is 7. The second-order valence-electron chi connectivity index (χ2n) is 5.33. The van der Waals surface area contributed by atoms with E-state index in [1.54, 1.807) is 6.07 Å². The Labute approximate surface area is 154 Å². The van der Waals surface area contributed by atoms with Gasteiger partial charge in [0.1, 0.15) is 6.54 Å². The van der Waals surface area contributed by atoms with E-state index in [4.69, 9.17) is 5.11 Å². The Morgan fingerprint density at radius 1 is 1.07 bits per heavy atom. The lowest BCUT2D eigenvalue weighted by atomic mass is 10.1.